The molecule has 13 rings (SSSR count). The second-order valence-corrected chi connectivity index (χ2v) is 18.5. The minimum Gasteiger partial charge on any atom is -0.456 e. The molecule has 8 aromatic carbocycles. The van der Waals surface area contributed by atoms with Gasteiger partial charge in [0, 0.05) is 55.9 Å². The highest BCUT2D eigenvalue weighted by Gasteiger charge is 2.45. The van der Waals surface area contributed by atoms with Crippen LogP contribution in [0.25, 0.3) is 55.7 Å². The van der Waals surface area contributed by atoms with Gasteiger partial charge in [-0.05, 0) is 118 Å². The van der Waals surface area contributed by atoms with E-state index in [2.05, 4.69) is 183 Å². The fraction of sp³-hybridized carbons (Fsp3) is 0.103. The summed E-state index contributed by atoms with van der Waals surface area (Å²) in [5, 5.41) is 2.15. The summed E-state index contributed by atoms with van der Waals surface area (Å²) >= 11 is 0. The lowest BCUT2D eigenvalue weighted by atomic mass is 9.33. The number of aryl methyl sites for hydroxylation is 1. The maximum Gasteiger partial charge on any atom is 0.252 e. The van der Waals surface area contributed by atoms with E-state index >= 15 is 0 Å². The standard InChI is InChI=1S/C58H43BN2O4/c1-35-27-48-55-49(28-35)61(56-43(36-13-6-5-7-14-36)23-26-52-57(56)63-34-62-52)46-25-22-41(58(2,3)4)33-45(46)59(55)44-24-21-40(54-32-39-16-9-11-20-51(39)65-54)30-47(44)60(48)42-18-12-17-37(29-42)53-31-38-15-8-10-19-50(38)64-53/h5-33H,34H2,1-4H3. The Hall–Kier alpha value is -7.90. The summed E-state index contributed by atoms with van der Waals surface area (Å²) in [5.74, 6) is 3.14. The van der Waals surface area contributed by atoms with Crippen LogP contribution >= 0.6 is 0 Å². The molecule has 0 fully saturated rings. The smallest absolute Gasteiger partial charge is 0.252 e. The van der Waals surface area contributed by atoms with E-state index in [-0.39, 0.29) is 18.9 Å². The largest absolute Gasteiger partial charge is 0.456 e. The summed E-state index contributed by atoms with van der Waals surface area (Å²) in [4.78, 5) is 4.91. The van der Waals surface area contributed by atoms with E-state index in [0.717, 1.165) is 107 Å². The average molecular weight is 843 g/mol. The molecule has 0 radical (unpaired) electrons. The Balaban J connectivity index is 1.11. The van der Waals surface area contributed by atoms with Gasteiger partial charge in [0.15, 0.2) is 11.5 Å². The van der Waals surface area contributed by atoms with Crippen LogP contribution in [0.5, 0.6) is 11.5 Å². The molecule has 0 bridgehead atoms. The van der Waals surface area contributed by atoms with Crippen LogP contribution < -0.4 is 35.7 Å². The lowest BCUT2D eigenvalue weighted by Gasteiger charge is -2.45. The fourth-order valence-electron chi connectivity index (χ4n) is 10.4. The van der Waals surface area contributed by atoms with Crippen molar-refractivity contribution in [2.45, 2.75) is 33.1 Å². The Bertz CT molecular complexity index is 3500. The number of furan rings is 2. The first-order chi connectivity index (χ1) is 31.7. The van der Waals surface area contributed by atoms with Crippen molar-refractivity contribution in [1.29, 1.82) is 0 Å². The fourth-order valence-corrected chi connectivity index (χ4v) is 10.4. The van der Waals surface area contributed by atoms with Gasteiger partial charge in [0.1, 0.15) is 28.4 Å². The van der Waals surface area contributed by atoms with Crippen molar-refractivity contribution in [3.8, 4) is 45.3 Å². The van der Waals surface area contributed by atoms with Gasteiger partial charge in [-0.25, -0.2) is 0 Å². The number of ether oxygens (including phenoxy) is 2. The first-order valence-corrected chi connectivity index (χ1v) is 22.3. The number of nitrogens with zero attached hydrogens (tertiary/aromatic N) is 2. The molecule has 2 aromatic heterocycles. The van der Waals surface area contributed by atoms with Crippen molar-refractivity contribution in [3.05, 3.63) is 187 Å². The number of hydrogen-bond acceptors (Lipinski definition) is 6. The van der Waals surface area contributed by atoms with Crippen molar-refractivity contribution < 1.29 is 18.3 Å². The number of fused-ring (bicyclic) bond motifs is 7. The summed E-state index contributed by atoms with van der Waals surface area (Å²) < 4.78 is 25.7. The molecule has 0 amide bonds. The summed E-state index contributed by atoms with van der Waals surface area (Å²) in [5.41, 5.74) is 18.3. The van der Waals surface area contributed by atoms with Gasteiger partial charge in [0.05, 0.1) is 0 Å². The van der Waals surface area contributed by atoms with Crippen LogP contribution in [0.4, 0.5) is 34.1 Å². The summed E-state index contributed by atoms with van der Waals surface area (Å²) in [6, 6.07) is 63.0. The van der Waals surface area contributed by atoms with Gasteiger partial charge >= 0.3 is 0 Å². The number of para-hydroxylation sites is 2. The Morgan fingerprint density at radius 3 is 1.91 bits per heavy atom. The minimum atomic E-state index is -0.0993. The third-order valence-corrected chi connectivity index (χ3v) is 13.4. The normalized spacial score (nSPS) is 13.6. The first-order valence-electron chi connectivity index (χ1n) is 22.3. The second-order valence-electron chi connectivity index (χ2n) is 18.5. The molecule has 0 spiro atoms. The van der Waals surface area contributed by atoms with Gasteiger partial charge < -0.3 is 28.1 Å². The third-order valence-electron chi connectivity index (χ3n) is 13.4. The third kappa shape index (κ3) is 5.88. The van der Waals surface area contributed by atoms with E-state index in [9.17, 15) is 0 Å². The molecular formula is C58H43BN2O4. The van der Waals surface area contributed by atoms with Crippen molar-refractivity contribution in [2.75, 3.05) is 16.6 Å². The molecule has 65 heavy (non-hydrogen) atoms. The summed E-state index contributed by atoms with van der Waals surface area (Å²) in [6.45, 7) is 9.16. The van der Waals surface area contributed by atoms with E-state index in [1.54, 1.807) is 0 Å². The van der Waals surface area contributed by atoms with Crippen molar-refractivity contribution >= 4 is 79.2 Å². The highest BCUT2D eigenvalue weighted by atomic mass is 16.7. The summed E-state index contributed by atoms with van der Waals surface area (Å²) in [6.07, 6.45) is 0. The molecule has 0 saturated heterocycles. The molecule has 0 atom stereocenters. The predicted molar refractivity (Wildman–Crippen MR) is 266 cm³/mol. The molecule has 0 saturated carbocycles. The molecule has 0 N–H and O–H groups in total. The quantitative estimate of drug-likeness (QED) is 0.161. The SMILES string of the molecule is Cc1cc2c3c(c1)N(c1c(-c4ccccc4)ccc4c1OCO4)c1ccc(C(C)(C)C)cc1B3c1ccc(-c3cc4ccccc4o3)cc1N2c1cccc(-c2cc3ccccc3o2)c1. The van der Waals surface area contributed by atoms with Crippen LogP contribution in [0, 0.1) is 6.92 Å². The van der Waals surface area contributed by atoms with E-state index in [1.165, 1.54) is 22.0 Å². The maximum atomic E-state index is 6.56. The number of hydrogen-bond donors (Lipinski definition) is 0. The van der Waals surface area contributed by atoms with Crippen molar-refractivity contribution in [3.63, 3.8) is 0 Å². The molecule has 312 valence electrons. The van der Waals surface area contributed by atoms with Crippen LogP contribution in [0.1, 0.15) is 31.9 Å². The molecule has 6 nitrogen and oxygen atoms in total. The minimum absolute atomic E-state index is 0.0951. The monoisotopic (exact) mass is 842 g/mol. The zero-order valence-corrected chi connectivity index (χ0v) is 36.6. The zero-order chi connectivity index (χ0) is 43.6. The zero-order valence-electron chi connectivity index (χ0n) is 36.6. The molecule has 0 unspecified atom stereocenters. The Morgan fingerprint density at radius 2 is 1.18 bits per heavy atom. The van der Waals surface area contributed by atoms with Crippen LogP contribution in [-0.2, 0) is 5.41 Å². The van der Waals surface area contributed by atoms with Crippen LogP contribution in [-0.4, -0.2) is 13.5 Å². The van der Waals surface area contributed by atoms with Gasteiger partial charge in [-0.2, -0.15) is 0 Å². The van der Waals surface area contributed by atoms with Crippen LogP contribution in [0.15, 0.2) is 185 Å². The van der Waals surface area contributed by atoms with Crippen molar-refractivity contribution in [2.24, 2.45) is 0 Å². The highest BCUT2D eigenvalue weighted by molar-refractivity contribution is 7.00. The number of rotatable bonds is 5. The predicted octanol–water partition coefficient (Wildman–Crippen LogP) is 13.6. The van der Waals surface area contributed by atoms with Gasteiger partial charge in [0.2, 0.25) is 6.79 Å². The molecule has 10 aromatic rings. The molecule has 7 heteroatoms. The Kier molecular flexibility index (Phi) is 8.14. The van der Waals surface area contributed by atoms with E-state index in [1.807, 2.05) is 30.3 Å². The Morgan fingerprint density at radius 1 is 0.508 bits per heavy atom. The highest BCUT2D eigenvalue weighted by Crippen LogP contribution is 2.54. The number of anilines is 6. The molecular weight excluding hydrogens is 799 g/mol. The first kappa shape index (κ1) is 37.6. The van der Waals surface area contributed by atoms with Crippen molar-refractivity contribution in [1.82, 2.24) is 0 Å². The molecule has 3 aliphatic rings. The van der Waals surface area contributed by atoms with E-state index < -0.39 is 0 Å². The van der Waals surface area contributed by atoms with Gasteiger partial charge in [-0.1, -0.05) is 124 Å². The lowest BCUT2D eigenvalue weighted by molar-refractivity contribution is 0.174. The van der Waals surface area contributed by atoms with Gasteiger partial charge in [-0.15, -0.1) is 0 Å². The molecule has 3 aliphatic heterocycles. The van der Waals surface area contributed by atoms with Gasteiger partial charge in [0.25, 0.3) is 6.71 Å². The average Bonchev–Trinajstić information content (AvgIpc) is 4.10. The summed E-state index contributed by atoms with van der Waals surface area (Å²) in [7, 11) is 0. The van der Waals surface area contributed by atoms with E-state index in [0.29, 0.717) is 0 Å². The molecule has 5 heterocycles. The molecule has 0 aliphatic carbocycles. The van der Waals surface area contributed by atoms with Crippen LogP contribution in [0.2, 0.25) is 0 Å². The second kappa shape index (κ2) is 14.1. The maximum absolute atomic E-state index is 6.56. The lowest BCUT2D eigenvalue weighted by Crippen LogP contribution is -2.61. The Labute approximate surface area is 378 Å². The van der Waals surface area contributed by atoms with Crippen LogP contribution in [0.3, 0.4) is 0 Å². The van der Waals surface area contributed by atoms with E-state index in [4.69, 9.17) is 18.3 Å². The topological polar surface area (TPSA) is 51.2 Å². The van der Waals surface area contributed by atoms with Gasteiger partial charge in [-0.3, -0.25) is 0 Å². The number of benzene rings is 8.